The maximum absolute atomic E-state index is 5.95. The zero-order chi connectivity index (χ0) is 14.8. The minimum absolute atomic E-state index is 0.407. The van der Waals surface area contributed by atoms with Crippen LogP contribution in [0.3, 0.4) is 0 Å². The number of aromatic nitrogens is 4. The molecule has 0 amide bonds. The van der Waals surface area contributed by atoms with Crippen molar-refractivity contribution in [3.8, 4) is 11.6 Å². The van der Waals surface area contributed by atoms with E-state index in [2.05, 4.69) is 19.9 Å². The van der Waals surface area contributed by atoms with E-state index in [9.17, 15) is 0 Å². The summed E-state index contributed by atoms with van der Waals surface area (Å²) >= 11 is 0. The zero-order valence-electron chi connectivity index (χ0n) is 12.1. The fourth-order valence-electron chi connectivity index (χ4n) is 2.99. The molecular weight excluding hydrogens is 276 g/mol. The van der Waals surface area contributed by atoms with Gasteiger partial charge in [-0.05, 0) is 36.5 Å². The molecule has 1 unspecified atom stereocenters. The fourth-order valence-corrected chi connectivity index (χ4v) is 2.99. The Morgan fingerprint density at radius 3 is 2.86 bits per heavy atom. The lowest BCUT2D eigenvalue weighted by molar-refractivity contribution is 0.504. The van der Waals surface area contributed by atoms with Crippen molar-refractivity contribution in [1.82, 2.24) is 19.9 Å². The molecule has 0 N–H and O–H groups in total. The van der Waals surface area contributed by atoms with Gasteiger partial charge in [0.05, 0.1) is 5.69 Å². The lowest BCUT2D eigenvalue weighted by Crippen LogP contribution is -2.03. The smallest absolute Gasteiger partial charge is 0.245 e. The Labute approximate surface area is 128 Å². The third-order valence-corrected chi connectivity index (χ3v) is 4.11. The predicted octanol–water partition coefficient (Wildman–Crippen LogP) is 3.19. The second-order valence-corrected chi connectivity index (χ2v) is 5.57. The van der Waals surface area contributed by atoms with E-state index in [4.69, 9.17) is 4.42 Å². The molecule has 22 heavy (non-hydrogen) atoms. The average Bonchev–Trinajstić information content (AvgIpc) is 2.88. The number of nitrogens with zero attached hydrogens (tertiary/aromatic N) is 4. The van der Waals surface area contributed by atoms with Crippen LogP contribution in [0.2, 0.25) is 0 Å². The highest BCUT2D eigenvalue weighted by Crippen LogP contribution is 2.32. The first-order valence-electron chi connectivity index (χ1n) is 7.55. The van der Waals surface area contributed by atoms with Crippen LogP contribution in [-0.2, 0) is 12.8 Å². The van der Waals surface area contributed by atoms with Crippen molar-refractivity contribution in [1.29, 1.82) is 0 Å². The van der Waals surface area contributed by atoms with Gasteiger partial charge in [0.2, 0.25) is 5.89 Å². The molecule has 0 aliphatic heterocycles. The van der Waals surface area contributed by atoms with Crippen LogP contribution in [0.4, 0.5) is 0 Å². The number of pyridine rings is 1. The Hall–Kier alpha value is -2.56. The number of aryl methyl sites for hydroxylation is 1. The summed E-state index contributed by atoms with van der Waals surface area (Å²) in [7, 11) is 0. The molecule has 0 aromatic carbocycles. The van der Waals surface area contributed by atoms with Crippen molar-refractivity contribution in [2.75, 3.05) is 0 Å². The summed E-state index contributed by atoms with van der Waals surface area (Å²) in [5, 5.41) is 0. The standard InChI is InChI=1S/C17H16N4O/c1-2-7-20-14(5-1)17-21-15-8-12(4-3-6-16(15)22-17)13-9-18-11-19-10-13/h1-2,5,7,9-12H,3-4,6,8H2. The van der Waals surface area contributed by atoms with Gasteiger partial charge >= 0.3 is 0 Å². The Kier molecular flexibility index (Phi) is 3.39. The minimum Gasteiger partial charge on any atom is -0.440 e. The van der Waals surface area contributed by atoms with Gasteiger partial charge in [-0.2, -0.15) is 0 Å². The maximum Gasteiger partial charge on any atom is 0.245 e. The van der Waals surface area contributed by atoms with E-state index in [1.54, 1.807) is 12.5 Å². The van der Waals surface area contributed by atoms with Crippen molar-refractivity contribution in [3.05, 3.63) is 60.1 Å². The molecular formula is C17H16N4O. The van der Waals surface area contributed by atoms with Gasteiger partial charge in [0.1, 0.15) is 17.8 Å². The molecule has 110 valence electrons. The highest BCUT2D eigenvalue weighted by molar-refractivity contribution is 5.47. The average molecular weight is 292 g/mol. The van der Waals surface area contributed by atoms with E-state index >= 15 is 0 Å². The molecule has 3 aromatic heterocycles. The quantitative estimate of drug-likeness (QED) is 0.679. The molecule has 0 saturated heterocycles. The van der Waals surface area contributed by atoms with E-state index in [-0.39, 0.29) is 0 Å². The largest absolute Gasteiger partial charge is 0.440 e. The second-order valence-electron chi connectivity index (χ2n) is 5.57. The summed E-state index contributed by atoms with van der Waals surface area (Å²) in [6, 6.07) is 5.76. The molecule has 1 aliphatic carbocycles. The molecule has 0 bridgehead atoms. The van der Waals surface area contributed by atoms with Crippen molar-refractivity contribution in [3.63, 3.8) is 0 Å². The van der Waals surface area contributed by atoms with E-state index in [0.29, 0.717) is 11.8 Å². The fraction of sp³-hybridized carbons (Fsp3) is 0.294. The second kappa shape index (κ2) is 5.67. The first-order valence-corrected chi connectivity index (χ1v) is 7.55. The Balaban J connectivity index is 1.65. The Bertz CT molecular complexity index is 755. The van der Waals surface area contributed by atoms with Crippen LogP contribution in [0, 0.1) is 0 Å². The highest BCUT2D eigenvalue weighted by Gasteiger charge is 2.24. The molecule has 1 aliphatic rings. The van der Waals surface area contributed by atoms with Crippen LogP contribution in [-0.4, -0.2) is 19.9 Å². The van der Waals surface area contributed by atoms with Gasteiger partial charge in [-0.3, -0.25) is 4.98 Å². The maximum atomic E-state index is 5.95. The van der Waals surface area contributed by atoms with Crippen LogP contribution in [0.25, 0.3) is 11.6 Å². The molecule has 3 heterocycles. The summed E-state index contributed by atoms with van der Waals surface area (Å²) in [5.74, 6) is 2.03. The van der Waals surface area contributed by atoms with Gasteiger partial charge in [0, 0.05) is 31.4 Å². The topological polar surface area (TPSA) is 64.7 Å². The lowest BCUT2D eigenvalue weighted by Gasteiger charge is -2.12. The molecule has 5 nitrogen and oxygen atoms in total. The Morgan fingerprint density at radius 2 is 2.05 bits per heavy atom. The van der Waals surface area contributed by atoms with Crippen molar-refractivity contribution in [2.45, 2.75) is 31.6 Å². The summed E-state index contributed by atoms with van der Waals surface area (Å²) in [6.45, 7) is 0. The van der Waals surface area contributed by atoms with Crippen molar-refractivity contribution in [2.24, 2.45) is 0 Å². The third kappa shape index (κ3) is 2.50. The van der Waals surface area contributed by atoms with Crippen LogP contribution >= 0.6 is 0 Å². The van der Waals surface area contributed by atoms with Gasteiger partial charge < -0.3 is 4.42 Å². The van der Waals surface area contributed by atoms with Gasteiger partial charge in [-0.25, -0.2) is 15.0 Å². The number of fused-ring (bicyclic) bond motifs is 1. The van der Waals surface area contributed by atoms with E-state index in [1.807, 2.05) is 30.6 Å². The molecule has 0 saturated carbocycles. The number of rotatable bonds is 2. The molecule has 1 atom stereocenters. The first kappa shape index (κ1) is 13.1. The summed E-state index contributed by atoms with van der Waals surface area (Å²) in [6.07, 6.45) is 11.1. The van der Waals surface area contributed by atoms with Crippen molar-refractivity contribution < 1.29 is 4.42 Å². The Morgan fingerprint density at radius 1 is 1.14 bits per heavy atom. The van der Waals surface area contributed by atoms with Crippen LogP contribution in [0.5, 0.6) is 0 Å². The molecule has 0 fully saturated rings. The number of hydrogen-bond acceptors (Lipinski definition) is 5. The van der Waals surface area contributed by atoms with E-state index < -0.39 is 0 Å². The van der Waals surface area contributed by atoms with Crippen molar-refractivity contribution >= 4 is 0 Å². The van der Waals surface area contributed by atoms with Crippen LogP contribution in [0.15, 0.2) is 47.5 Å². The number of oxazole rings is 1. The lowest BCUT2D eigenvalue weighted by atomic mass is 9.94. The predicted molar refractivity (Wildman–Crippen MR) is 81.1 cm³/mol. The molecule has 3 aromatic rings. The summed E-state index contributed by atoms with van der Waals surface area (Å²) in [4.78, 5) is 17.3. The van der Waals surface area contributed by atoms with Crippen LogP contribution in [0.1, 0.15) is 35.8 Å². The monoisotopic (exact) mass is 292 g/mol. The van der Waals surface area contributed by atoms with Gasteiger partial charge in [-0.15, -0.1) is 0 Å². The van der Waals surface area contributed by atoms with E-state index in [0.717, 1.165) is 42.8 Å². The van der Waals surface area contributed by atoms with Crippen LogP contribution < -0.4 is 0 Å². The molecule has 4 rings (SSSR count). The SMILES string of the molecule is c1ccc(-c2nc3c(o2)CCCC(c2cncnc2)C3)nc1. The van der Waals surface area contributed by atoms with Gasteiger partial charge in [-0.1, -0.05) is 6.07 Å². The molecule has 5 heteroatoms. The zero-order valence-corrected chi connectivity index (χ0v) is 12.1. The highest BCUT2D eigenvalue weighted by atomic mass is 16.4. The molecule has 0 radical (unpaired) electrons. The van der Waals surface area contributed by atoms with E-state index in [1.165, 1.54) is 5.56 Å². The van der Waals surface area contributed by atoms with Gasteiger partial charge in [0.25, 0.3) is 0 Å². The number of hydrogen-bond donors (Lipinski definition) is 0. The normalized spacial score (nSPS) is 17.7. The minimum atomic E-state index is 0.407. The molecule has 0 spiro atoms. The summed E-state index contributed by atoms with van der Waals surface area (Å²) < 4.78 is 5.95. The first-order chi connectivity index (χ1) is 10.9. The third-order valence-electron chi connectivity index (χ3n) is 4.11. The van der Waals surface area contributed by atoms with Gasteiger partial charge in [0.15, 0.2) is 0 Å². The summed E-state index contributed by atoms with van der Waals surface area (Å²) in [5.41, 5.74) is 3.01.